The van der Waals surface area contributed by atoms with Crippen LogP contribution in [0.4, 0.5) is 33.3 Å². The number of anilines is 2. The topological polar surface area (TPSA) is 107 Å². The van der Waals surface area contributed by atoms with E-state index < -0.39 is 46.8 Å². The summed E-state index contributed by atoms with van der Waals surface area (Å²) in [6.07, 6.45) is 2.21. The summed E-state index contributed by atoms with van der Waals surface area (Å²) in [7, 11) is 0. The first-order valence-corrected chi connectivity index (χ1v) is 14.1. The van der Waals surface area contributed by atoms with Crippen molar-refractivity contribution in [2.75, 3.05) is 36.0 Å². The standard InChI is InChI=1S/C32H25F5N8O/c33-24-5-9-27(29(35)15-24)31(46,19-45-20-40-41-42-45)32(36,37)30-10-4-23(18-39-30)21-1-6-25(7-2-21)43-11-13-44(14-12-43)26-8-3-22(17-38)28(34)16-26/h1-10,15-16,18,20,46H,11-14,19H2/t31-/m0/s1. The second kappa shape index (κ2) is 12.2. The number of alkyl halides is 2. The fraction of sp³-hybridized carbons (Fsp3) is 0.219. The first kappa shape index (κ1) is 30.6. The Labute approximate surface area is 259 Å². The lowest BCUT2D eigenvalue weighted by Crippen LogP contribution is -2.48. The molecule has 0 spiro atoms. The number of nitriles is 1. The summed E-state index contributed by atoms with van der Waals surface area (Å²) in [5, 5.41) is 30.6. The summed E-state index contributed by atoms with van der Waals surface area (Å²) in [6.45, 7) is 1.70. The van der Waals surface area contributed by atoms with Crippen LogP contribution in [0.5, 0.6) is 0 Å². The zero-order chi connectivity index (χ0) is 32.5. The average Bonchev–Trinajstić information content (AvgIpc) is 3.57. The Morgan fingerprint density at radius 1 is 0.804 bits per heavy atom. The molecule has 3 aromatic carbocycles. The molecule has 5 aromatic rings. The van der Waals surface area contributed by atoms with Gasteiger partial charge in [0.1, 0.15) is 35.5 Å². The van der Waals surface area contributed by atoms with E-state index in [4.69, 9.17) is 5.26 Å². The van der Waals surface area contributed by atoms with Gasteiger partial charge in [-0.1, -0.05) is 18.2 Å². The van der Waals surface area contributed by atoms with E-state index in [-0.39, 0.29) is 5.56 Å². The number of tetrazole rings is 1. The first-order valence-electron chi connectivity index (χ1n) is 14.1. The van der Waals surface area contributed by atoms with Crippen molar-refractivity contribution in [3.8, 4) is 17.2 Å². The van der Waals surface area contributed by atoms with Crippen LogP contribution in [0.25, 0.3) is 11.1 Å². The molecule has 0 radical (unpaired) electrons. The molecule has 3 heterocycles. The van der Waals surface area contributed by atoms with Crippen LogP contribution in [0.2, 0.25) is 0 Å². The van der Waals surface area contributed by atoms with E-state index in [1.165, 1.54) is 24.4 Å². The second-order valence-electron chi connectivity index (χ2n) is 10.8. The minimum absolute atomic E-state index is 0.00357. The molecule has 234 valence electrons. The van der Waals surface area contributed by atoms with E-state index in [1.807, 2.05) is 35.2 Å². The van der Waals surface area contributed by atoms with Gasteiger partial charge in [0.25, 0.3) is 0 Å². The van der Waals surface area contributed by atoms with Gasteiger partial charge < -0.3 is 14.9 Å². The number of pyridine rings is 1. The monoisotopic (exact) mass is 632 g/mol. The number of piperazine rings is 1. The summed E-state index contributed by atoms with van der Waals surface area (Å²) < 4.78 is 75.4. The predicted octanol–water partition coefficient (Wildman–Crippen LogP) is 5.03. The summed E-state index contributed by atoms with van der Waals surface area (Å²) in [5.41, 5.74) is -2.03. The van der Waals surface area contributed by atoms with Gasteiger partial charge in [-0.25, -0.2) is 17.9 Å². The number of benzene rings is 3. The molecule has 1 aliphatic rings. The van der Waals surface area contributed by atoms with Crippen LogP contribution in [0.15, 0.2) is 85.3 Å². The number of hydrogen-bond donors (Lipinski definition) is 1. The van der Waals surface area contributed by atoms with Gasteiger partial charge in [0, 0.05) is 60.9 Å². The van der Waals surface area contributed by atoms with E-state index in [9.17, 15) is 18.3 Å². The van der Waals surface area contributed by atoms with Crippen LogP contribution in [0, 0.1) is 28.8 Å². The summed E-state index contributed by atoms with van der Waals surface area (Å²) in [5.74, 6) is -7.07. The molecule has 6 rings (SSSR count). The lowest BCUT2D eigenvalue weighted by molar-refractivity contribution is -0.207. The molecule has 0 bridgehead atoms. The number of halogens is 5. The fourth-order valence-electron chi connectivity index (χ4n) is 5.51. The van der Waals surface area contributed by atoms with Crippen molar-refractivity contribution in [2.45, 2.75) is 18.1 Å². The Morgan fingerprint density at radius 3 is 2.07 bits per heavy atom. The fourth-order valence-corrected chi connectivity index (χ4v) is 5.51. The van der Waals surface area contributed by atoms with Crippen LogP contribution in [0.1, 0.15) is 16.8 Å². The average molecular weight is 633 g/mol. The van der Waals surface area contributed by atoms with E-state index in [0.717, 1.165) is 34.9 Å². The highest BCUT2D eigenvalue weighted by molar-refractivity contribution is 5.66. The molecule has 0 unspecified atom stereocenters. The van der Waals surface area contributed by atoms with Crippen molar-refractivity contribution >= 4 is 11.4 Å². The molecule has 1 fully saturated rings. The lowest BCUT2D eigenvalue weighted by atomic mass is 9.84. The van der Waals surface area contributed by atoms with E-state index in [1.54, 1.807) is 6.07 Å². The largest absolute Gasteiger partial charge is 0.377 e. The van der Waals surface area contributed by atoms with E-state index in [0.29, 0.717) is 49.1 Å². The maximum absolute atomic E-state index is 16.1. The quantitative estimate of drug-likeness (QED) is 0.238. The highest BCUT2D eigenvalue weighted by Gasteiger charge is 2.58. The number of hydrogen-bond acceptors (Lipinski definition) is 8. The molecular weight excluding hydrogens is 607 g/mol. The Morgan fingerprint density at radius 2 is 1.48 bits per heavy atom. The molecule has 1 saturated heterocycles. The van der Waals surface area contributed by atoms with Gasteiger partial charge in [-0.2, -0.15) is 14.0 Å². The van der Waals surface area contributed by atoms with Crippen molar-refractivity contribution in [2.24, 2.45) is 0 Å². The van der Waals surface area contributed by atoms with E-state index >= 15 is 8.78 Å². The maximum atomic E-state index is 16.1. The minimum atomic E-state index is -4.16. The molecule has 14 heteroatoms. The second-order valence-corrected chi connectivity index (χ2v) is 10.8. The van der Waals surface area contributed by atoms with Crippen LogP contribution in [-0.4, -0.2) is 56.5 Å². The number of aromatic nitrogens is 5. The number of rotatable bonds is 8. The molecule has 2 aromatic heterocycles. The van der Waals surface area contributed by atoms with Gasteiger partial charge in [0.15, 0.2) is 5.60 Å². The first-order chi connectivity index (χ1) is 22.1. The van der Waals surface area contributed by atoms with Crippen LogP contribution in [0.3, 0.4) is 0 Å². The molecule has 0 aliphatic carbocycles. The molecule has 46 heavy (non-hydrogen) atoms. The summed E-state index contributed by atoms with van der Waals surface area (Å²) >= 11 is 0. The van der Waals surface area contributed by atoms with Gasteiger partial charge in [0.2, 0.25) is 0 Å². The zero-order valence-corrected chi connectivity index (χ0v) is 24.0. The smallest absolute Gasteiger partial charge is 0.323 e. The van der Waals surface area contributed by atoms with E-state index in [2.05, 4.69) is 25.4 Å². The van der Waals surface area contributed by atoms with Crippen LogP contribution >= 0.6 is 0 Å². The third-order valence-electron chi connectivity index (χ3n) is 8.05. The van der Waals surface area contributed by atoms with Crippen LogP contribution in [-0.2, 0) is 18.1 Å². The number of nitrogens with zero attached hydrogens (tertiary/aromatic N) is 8. The van der Waals surface area contributed by atoms with Crippen molar-refractivity contribution in [3.63, 3.8) is 0 Å². The molecular formula is C32H25F5N8O. The molecule has 0 saturated carbocycles. The van der Waals surface area contributed by atoms with Crippen molar-refractivity contribution in [1.82, 2.24) is 25.2 Å². The third kappa shape index (κ3) is 5.72. The van der Waals surface area contributed by atoms with Gasteiger partial charge in [-0.3, -0.25) is 4.98 Å². The highest BCUT2D eigenvalue weighted by atomic mass is 19.3. The normalized spacial score (nSPS) is 15.0. The molecule has 9 nitrogen and oxygen atoms in total. The molecule has 1 N–H and O–H groups in total. The highest BCUT2D eigenvalue weighted by Crippen LogP contribution is 2.47. The lowest BCUT2D eigenvalue weighted by Gasteiger charge is -2.37. The Bertz CT molecular complexity index is 1870. The van der Waals surface area contributed by atoms with Crippen molar-refractivity contribution < 1.29 is 27.1 Å². The minimum Gasteiger partial charge on any atom is -0.377 e. The molecule has 0 amide bonds. The summed E-state index contributed by atoms with van der Waals surface area (Å²) in [4.78, 5) is 8.15. The molecule has 1 atom stereocenters. The van der Waals surface area contributed by atoms with Crippen molar-refractivity contribution in [3.05, 3.63) is 120 Å². The van der Waals surface area contributed by atoms with Gasteiger partial charge >= 0.3 is 5.92 Å². The van der Waals surface area contributed by atoms with Gasteiger partial charge in [-0.15, -0.1) is 5.10 Å². The van der Waals surface area contributed by atoms with Gasteiger partial charge in [-0.05, 0) is 64.5 Å². The van der Waals surface area contributed by atoms with Crippen LogP contribution < -0.4 is 9.80 Å². The third-order valence-corrected chi connectivity index (χ3v) is 8.05. The zero-order valence-electron chi connectivity index (χ0n) is 24.0. The Balaban J connectivity index is 1.18. The molecule has 1 aliphatic heterocycles. The van der Waals surface area contributed by atoms with Gasteiger partial charge in [0.05, 0.1) is 12.1 Å². The Kier molecular flexibility index (Phi) is 8.09. The SMILES string of the molecule is N#Cc1ccc(N2CCN(c3ccc(-c4ccc(C(F)(F)[C@](O)(Cn5cnnn5)c5ccc(F)cc5F)nc4)cc3)CC2)cc1F. The summed E-state index contributed by atoms with van der Waals surface area (Å²) in [6, 6.07) is 18.3. The maximum Gasteiger partial charge on any atom is 0.323 e. The number of aliphatic hydroxyl groups is 1. The predicted molar refractivity (Wildman–Crippen MR) is 157 cm³/mol. The Hall–Kier alpha value is -5.42. The van der Waals surface area contributed by atoms with Crippen molar-refractivity contribution in [1.29, 1.82) is 5.26 Å².